The molecule has 20 heavy (non-hydrogen) atoms. The SMILES string of the molecule is Cn1c(CCN)cc(=O)n2nc(C3CCCCC3)cc12. The Balaban J connectivity index is 2.07. The van der Waals surface area contributed by atoms with Crippen molar-refractivity contribution in [1.82, 2.24) is 14.2 Å². The Morgan fingerprint density at radius 2 is 2.05 bits per heavy atom. The number of hydrogen-bond donors (Lipinski definition) is 1. The summed E-state index contributed by atoms with van der Waals surface area (Å²) < 4.78 is 3.57. The molecule has 5 nitrogen and oxygen atoms in total. The molecule has 108 valence electrons. The highest BCUT2D eigenvalue weighted by atomic mass is 16.1. The van der Waals surface area contributed by atoms with Crippen LogP contribution in [0.2, 0.25) is 0 Å². The van der Waals surface area contributed by atoms with Crippen molar-refractivity contribution in [3.8, 4) is 0 Å². The highest BCUT2D eigenvalue weighted by Crippen LogP contribution is 2.32. The summed E-state index contributed by atoms with van der Waals surface area (Å²) in [5, 5.41) is 4.55. The van der Waals surface area contributed by atoms with E-state index in [9.17, 15) is 4.79 Å². The number of nitrogens with zero attached hydrogens (tertiary/aromatic N) is 3. The van der Waals surface area contributed by atoms with Crippen LogP contribution in [0.3, 0.4) is 0 Å². The summed E-state index contributed by atoms with van der Waals surface area (Å²) in [5.41, 5.74) is 8.48. The van der Waals surface area contributed by atoms with Gasteiger partial charge in [-0.3, -0.25) is 4.79 Å². The third-order valence-corrected chi connectivity index (χ3v) is 4.41. The van der Waals surface area contributed by atoms with Crippen LogP contribution in [-0.4, -0.2) is 20.7 Å². The summed E-state index contributed by atoms with van der Waals surface area (Å²) in [4.78, 5) is 12.2. The quantitative estimate of drug-likeness (QED) is 0.924. The van der Waals surface area contributed by atoms with E-state index in [1.165, 1.54) is 36.6 Å². The highest BCUT2D eigenvalue weighted by molar-refractivity contribution is 5.42. The summed E-state index contributed by atoms with van der Waals surface area (Å²) in [6.45, 7) is 0.549. The van der Waals surface area contributed by atoms with Crippen LogP contribution in [-0.2, 0) is 13.5 Å². The number of rotatable bonds is 3. The van der Waals surface area contributed by atoms with Crippen molar-refractivity contribution in [2.24, 2.45) is 12.8 Å². The summed E-state index contributed by atoms with van der Waals surface area (Å²) >= 11 is 0. The smallest absolute Gasteiger partial charge is 0.274 e. The Hall–Kier alpha value is -1.62. The minimum Gasteiger partial charge on any atom is -0.333 e. The average molecular weight is 274 g/mol. The number of aromatic nitrogens is 3. The monoisotopic (exact) mass is 274 g/mol. The second kappa shape index (κ2) is 5.40. The molecule has 5 heteroatoms. The van der Waals surface area contributed by atoms with Gasteiger partial charge in [-0.15, -0.1) is 0 Å². The zero-order valence-corrected chi connectivity index (χ0v) is 12.0. The largest absolute Gasteiger partial charge is 0.333 e. The number of aryl methyl sites for hydroxylation is 1. The Bertz CT molecular complexity index is 664. The standard InChI is InChI=1S/C15H22N4O/c1-18-12(7-8-16)9-15(20)19-14(18)10-13(17-19)11-5-3-2-4-6-11/h9-11H,2-8,16H2,1H3. The lowest BCUT2D eigenvalue weighted by Crippen LogP contribution is -2.21. The number of hydrogen-bond acceptors (Lipinski definition) is 3. The van der Waals surface area contributed by atoms with E-state index in [4.69, 9.17) is 5.73 Å². The molecule has 0 radical (unpaired) electrons. The van der Waals surface area contributed by atoms with Gasteiger partial charge in [-0.1, -0.05) is 19.3 Å². The van der Waals surface area contributed by atoms with E-state index < -0.39 is 0 Å². The van der Waals surface area contributed by atoms with Crippen molar-refractivity contribution in [2.45, 2.75) is 44.4 Å². The fourth-order valence-electron chi connectivity index (χ4n) is 3.22. The molecule has 0 unspecified atom stereocenters. The first-order valence-electron chi connectivity index (χ1n) is 7.49. The molecule has 1 fully saturated rings. The predicted molar refractivity (Wildman–Crippen MR) is 79.0 cm³/mol. The Morgan fingerprint density at radius 1 is 1.30 bits per heavy atom. The van der Waals surface area contributed by atoms with Gasteiger partial charge in [0.15, 0.2) is 0 Å². The van der Waals surface area contributed by atoms with Crippen LogP contribution in [0.25, 0.3) is 5.65 Å². The van der Waals surface area contributed by atoms with Gasteiger partial charge in [-0.05, 0) is 19.4 Å². The van der Waals surface area contributed by atoms with Crippen LogP contribution < -0.4 is 11.3 Å². The zero-order chi connectivity index (χ0) is 14.1. The summed E-state index contributed by atoms with van der Waals surface area (Å²) in [5.74, 6) is 0.515. The van der Waals surface area contributed by atoms with Crippen LogP contribution in [0, 0.1) is 0 Å². The molecule has 1 aliphatic rings. The summed E-state index contributed by atoms with van der Waals surface area (Å²) in [7, 11) is 1.98. The molecule has 2 aromatic heterocycles. The molecular formula is C15H22N4O. The highest BCUT2D eigenvalue weighted by Gasteiger charge is 2.20. The van der Waals surface area contributed by atoms with E-state index in [1.807, 2.05) is 11.6 Å². The maximum absolute atomic E-state index is 12.2. The van der Waals surface area contributed by atoms with Gasteiger partial charge < -0.3 is 10.3 Å². The van der Waals surface area contributed by atoms with Gasteiger partial charge in [-0.2, -0.15) is 9.61 Å². The van der Waals surface area contributed by atoms with Gasteiger partial charge in [0, 0.05) is 37.2 Å². The molecule has 1 aliphatic carbocycles. The van der Waals surface area contributed by atoms with Gasteiger partial charge >= 0.3 is 0 Å². The minimum atomic E-state index is -0.0522. The van der Waals surface area contributed by atoms with E-state index >= 15 is 0 Å². The Labute approximate surface area is 118 Å². The second-order valence-electron chi connectivity index (χ2n) is 5.75. The molecule has 2 heterocycles. The first kappa shape index (κ1) is 13.4. The molecule has 0 amide bonds. The summed E-state index contributed by atoms with van der Waals surface area (Å²) in [6, 6.07) is 3.73. The van der Waals surface area contributed by atoms with Crippen molar-refractivity contribution >= 4 is 5.65 Å². The Kier molecular flexibility index (Phi) is 3.61. The molecule has 0 atom stereocenters. The van der Waals surface area contributed by atoms with E-state index in [2.05, 4.69) is 11.2 Å². The van der Waals surface area contributed by atoms with Crippen LogP contribution in [0.4, 0.5) is 0 Å². The van der Waals surface area contributed by atoms with Gasteiger partial charge in [0.2, 0.25) is 0 Å². The second-order valence-corrected chi connectivity index (χ2v) is 5.75. The third-order valence-electron chi connectivity index (χ3n) is 4.41. The zero-order valence-electron chi connectivity index (χ0n) is 12.0. The number of nitrogens with two attached hydrogens (primary N) is 1. The molecule has 0 aliphatic heterocycles. The van der Waals surface area contributed by atoms with Gasteiger partial charge in [-0.25, -0.2) is 0 Å². The maximum Gasteiger partial charge on any atom is 0.274 e. The van der Waals surface area contributed by atoms with Crippen molar-refractivity contribution in [3.05, 3.63) is 33.9 Å². The molecule has 2 aromatic rings. The molecule has 0 aromatic carbocycles. The van der Waals surface area contributed by atoms with Crippen molar-refractivity contribution in [2.75, 3.05) is 6.54 Å². The van der Waals surface area contributed by atoms with Crippen LogP contribution in [0.15, 0.2) is 16.9 Å². The van der Waals surface area contributed by atoms with Crippen molar-refractivity contribution < 1.29 is 0 Å². The fourth-order valence-corrected chi connectivity index (χ4v) is 3.22. The average Bonchev–Trinajstić information content (AvgIpc) is 2.92. The van der Waals surface area contributed by atoms with E-state index in [1.54, 1.807) is 6.07 Å². The van der Waals surface area contributed by atoms with E-state index in [-0.39, 0.29) is 5.56 Å². The molecule has 0 bridgehead atoms. The number of fused-ring (bicyclic) bond motifs is 1. The normalized spacial score (nSPS) is 16.9. The van der Waals surface area contributed by atoms with Crippen LogP contribution >= 0.6 is 0 Å². The van der Waals surface area contributed by atoms with Crippen molar-refractivity contribution in [3.63, 3.8) is 0 Å². The summed E-state index contributed by atoms with van der Waals surface area (Å²) in [6.07, 6.45) is 6.97. The lowest BCUT2D eigenvalue weighted by atomic mass is 9.87. The first-order valence-corrected chi connectivity index (χ1v) is 7.49. The molecule has 0 spiro atoms. The lowest BCUT2D eigenvalue weighted by Gasteiger charge is -2.18. The van der Waals surface area contributed by atoms with Crippen LogP contribution in [0.1, 0.15) is 49.4 Å². The lowest BCUT2D eigenvalue weighted by molar-refractivity contribution is 0.435. The molecule has 1 saturated carbocycles. The van der Waals surface area contributed by atoms with Crippen LogP contribution in [0.5, 0.6) is 0 Å². The minimum absolute atomic E-state index is 0.0522. The van der Waals surface area contributed by atoms with Crippen molar-refractivity contribution in [1.29, 1.82) is 0 Å². The Morgan fingerprint density at radius 3 is 2.75 bits per heavy atom. The molecular weight excluding hydrogens is 252 g/mol. The fraction of sp³-hybridized carbons (Fsp3) is 0.600. The predicted octanol–water partition coefficient (Wildman–Crippen LogP) is 1.58. The van der Waals surface area contributed by atoms with Gasteiger partial charge in [0.25, 0.3) is 5.56 Å². The molecule has 0 saturated heterocycles. The van der Waals surface area contributed by atoms with E-state index in [0.29, 0.717) is 18.9 Å². The molecule has 3 rings (SSSR count). The topological polar surface area (TPSA) is 65.3 Å². The first-order chi connectivity index (χ1) is 9.70. The maximum atomic E-state index is 12.2. The third kappa shape index (κ3) is 2.26. The van der Waals surface area contributed by atoms with Gasteiger partial charge in [0.1, 0.15) is 5.65 Å². The van der Waals surface area contributed by atoms with Gasteiger partial charge in [0.05, 0.1) is 5.69 Å². The van der Waals surface area contributed by atoms with E-state index in [0.717, 1.165) is 17.0 Å². The molecule has 2 N–H and O–H groups in total.